The van der Waals surface area contributed by atoms with Gasteiger partial charge in [0.2, 0.25) is 0 Å². The Balaban J connectivity index is 2.28. The first kappa shape index (κ1) is 13.5. The van der Waals surface area contributed by atoms with Gasteiger partial charge in [0.1, 0.15) is 5.75 Å². The molecule has 98 valence electrons. The molecule has 0 saturated heterocycles. The van der Waals surface area contributed by atoms with Gasteiger partial charge in [-0.2, -0.15) is 0 Å². The Morgan fingerprint density at radius 1 is 1.16 bits per heavy atom. The van der Waals surface area contributed by atoms with Crippen LogP contribution in [0.15, 0.2) is 47.4 Å². The van der Waals surface area contributed by atoms with Crippen molar-refractivity contribution in [1.29, 1.82) is 0 Å². The molecular formula is C15H15NO2S. The van der Waals surface area contributed by atoms with Crippen LogP contribution in [0.3, 0.4) is 0 Å². The van der Waals surface area contributed by atoms with Crippen molar-refractivity contribution in [1.82, 2.24) is 0 Å². The number of hydrogen-bond donors (Lipinski definition) is 2. The van der Waals surface area contributed by atoms with Crippen LogP contribution >= 0.6 is 11.8 Å². The van der Waals surface area contributed by atoms with Gasteiger partial charge in [0.05, 0.1) is 5.56 Å². The highest BCUT2D eigenvalue weighted by Crippen LogP contribution is 2.26. The number of benzene rings is 2. The van der Waals surface area contributed by atoms with Crippen LogP contribution in [0.25, 0.3) is 0 Å². The van der Waals surface area contributed by atoms with E-state index in [4.69, 9.17) is 0 Å². The summed E-state index contributed by atoms with van der Waals surface area (Å²) in [7, 11) is 0. The smallest absolute Gasteiger partial charge is 0.256 e. The summed E-state index contributed by atoms with van der Waals surface area (Å²) in [6.07, 6.45) is 1.94. The fourth-order valence-corrected chi connectivity index (χ4v) is 2.38. The molecular weight excluding hydrogens is 258 g/mol. The Kier molecular flexibility index (Phi) is 4.12. The van der Waals surface area contributed by atoms with Crippen LogP contribution in [0.4, 0.5) is 5.69 Å². The molecule has 19 heavy (non-hydrogen) atoms. The Labute approximate surface area is 116 Å². The standard InChI is InChI=1S/C15H15NO2S/c1-10-12(7-5-8-13(10)17)16-15(18)11-6-3-4-9-14(11)19-2/h3-9,17H,1-2H3,(H,16,18). The SMILES string of the molecule is CSc1ccccc1C(=O)Nc1cccc(O)c1C. The lowest BCUT2D eigenvalue weighted by Gasteiger charge is -2.11. The van der Waals surface area contributed by atoms with Crippen LogP contribution in [-0.2, 0) is 0 Å². The molecule has 2 aromatic rings. The zero-order valence-electron chi connectivity index (χ0n) is 10.8. The van der Waals surface area contributed by atoms with Gasteiger partial charge in [-0.05, 0) is 37.4 Å². The number of carbonyl (C=O) groups is 1. The predicted octanol–water partition coefficient (Wildman–Crippen LogP) is 3.67. The van der Waals surface area contributed by atoms with E-state index in [0.29, 0.717) is 16.8 Å². The first-order valence-corrected chi connectivity index (χ1v) is 7.09. The van der Waals surface area contributed by atoms with Crippen molar-refractivity contribution in [2.75, 3.05) is 11.6 Å². The van der Waals surface area contributed by atoms with Gasteiger partial charge in [-0.15, -0.1) is 11.8 Å². The minimum atomic E-state index is -0.168. The molecule has 0 aliphatic rings. The van der Waals surface area contributed by atoms with Gasteiger partial charge in [-0.25, -0.2) is 0 Å². The Bertz CT molecular complexity index is 611. The van der Waals surface area contributed by atoms with Gasteiger partial charge in [0.25, 0.3) is 5.91 Å². The maximum absolute atomic E-state index is 12.3. The Hall–Kier alpha value is -1.94. The van der Waals surface area contributed by atoms with E-state index in [1.807, 2.05) is 24.5 Å². The number of nitrogens with one attached hydrogen (secondary N) is 1. The first-order valence-electron chi connectivity index (χ1n) is 5.86. The van der Waals surface area contributed by atoms with E-state index < -0.39 is 0 Å². The third-order valence-electron chi connectivity index (χ3n) is 2.91. The third kappa shape index (κ3) is 2.90. The van der Waals surface area contributed by atoms with Crippen molar-refractivity contribution in [3.05, 3.63) is 53.6 Å². The molecule has 2 aromatic carbocycles. The average molecular weight is 273 g/mol. The fraction of sp³-hybridized carbons (Fsp3) is 0.133. The topological polar surface area (TPSA) is 49.3 Å². The van der Waals surface area contributed by atoms with E-state index in [1.54, 1.807) is 31.2 Å². The lowest BCUT2D eigenvalue weighted by Crippen LogP contribution is -2.13. The highest BCUT2D eigenvalue weighted by Gasteiger charge is 2.12. The molecule has 2 N–H and O–H groups in total. The van der Waals surface area contributed by atoms with E-state index in [9.17, 15) is 9.90 Å². The number of phenols is 1. The summed E-state index contributed by atoms with van der Waals surface area (Å²) in [6.45, 7) is 1.77. The number of thioether (sulfide) groups is 1. The molecule has 0 aromatic heterocycles. The molecule has 2 rings (SSSR count). The predicted molar refractivity (Wildman–Crippen MR) is 79.0 cm³/mol. The monoisotopic (exact) mass is 273 g/mol. The molecule has 1 amide bonds. The van der Waals surface area contributed by atoms with Crippen LogP contribution in [-0.4, -0.2) is 17.3 Å². The van der Waals surface area contributed by atoms with Gasteiger partial charge < -0.3 is 10.4 Å². The fourth-order valence-electron chi connectivity index (χ4n) is 1.78. The maximum atomic E-state index is 12.3. The van der Waals surface area contributed by atoms with Crippen LogP contribution in [0.2, 0.25) is 0 Å². The molecule has 0 aliphatic carbocycles. The summed E-state index contributed by atoms with van der Waals surface area (Å²) in [4.78, 5) is 13.2. The minimum absolute atomic E-state index is 0.168. The zero-order chi connectivity index (χ0) is 13.8. The normalized spacial score (nSPS) is 10.2. The number of hydrogen-bond acceptors (Lipinski definition) is 3. The van der Waals surface area contributed by atoms with Gasteiger partial charge in [-0.1, -0.05) is 18.2 Å². The quantitative estimate of drug-likeness (QED) is 0.839. The molecule has 0 spiro atoms. The van der Waals surface area contributed by atoms with Crippen molar-refractivity contribution in [2.45, 2.75) is 11.8 Å². The number of carbonyl (C=O) groups excluding carboxylic acids is 1. The Morgan fingerprint density at radius 2 is 1.89 bits per heavy atom. The van der Waals surface area contributed by atoms with Crippen molar-refractivity contribution in [3.63, 3.8) is 0 Å². The van der Waals surface area contributed by atoms with E-state index in [0.717, 1.165) is 4.90 Å². The first-order chi connectivity index (χ1) is 9.13. The van der Waals surface area contributed by atoms with Crippen LogP contribution in [0.1, 0.15) is 15.9 Å². The minimum Gasteiger partial charge on any atom is -0.508 e. The highest BCUT2D eigenvalue weighted by molar-refractivity contribution is 7.98. The van der Waals surface area contributed by atoms with Crippen molar-refractivity contribution >= 4 is 23.4 Å². The molecule has 3 nitrogen and oxygen atoms in total. The summed E-state index contributed by atoms with van der Waals surface area (Å²) in [6, 6.07) is 12.5. The molecule has 0 unspecified atom stereocenters. The van der Waals surface area contributed by atoms with Gasteiger partial charge in [0, 0.05) is 16.1 Å². The summed E-state index contributed by atoms with van der Waals surface area (Å²) < 4.78 is 0. The molecule has 4 heteroatoms. The molecule has 0 bridgehead atoms. The average Bonchev–Trinajstić information content (AvgIpc) is 2.43. The number of rotatable bonds is 3. The molecule has 0 aliphatic heterocycles. The number of aromatic hydroxyl groups is 1. The number of anilines is 1. The van der Waals surface area contributed by atoms with E-state index in [2.05, 4.69) is 5.32 Å². The Morgan fingerprint density at radius 3 is 2.63 bits per heavy atom. The summed E-state index contributed by atoms with van der Waals surface area (Å²) >= 11 is 1.53. The van der Waals surface area contributed by atoms with E-state index >= 15 is 0 Å². The van der Waals surface area contributed by atoms with E-state index in [-0.39, 0.29) is 11.7 Å². The molecule has 0 atom stereocenters. The zero-order valence-corrected chi connectivity index (χ0v) is 11.6. The lowest BCUT2D eigenvalue weighted by atomic mass is 10.1. The van der Waals surface area contributed by atoms with Crippen molar-refractivity contribution in [3.8, 4) is 5.75 Å². The number of phenolic OH excluding ortho intramolecular Hbond substituents is 1. The lowest BCUT2D eigenvalue weighted by molar-refractivity contribution is 0.102. The maximum Gasteiger partial charge on any atom is 0.256 e. The molecule has 0 heterocycles. The van der Waals surface area contributed by atoms with Crippen LogP contribution in [0, 0.1) is 6.92 Å². The summed E-state index contributed by atoms with van der Waals surface area (Å²) in [5.74, 6) is 0.00889. The van der Waals surface area contributed by atoms with Crippen LogP contribution < -0.4 is 5.32 Å². The third-order valence-corrected chi connectivity index (χ3v) is 3.70. The number of amides is 1. The second kappa shape index (κ2) is 5.80. The van der Waals surface area contributed by atoms with Crippen LogP contribution in [0.5, 0.6) is 5.75 Å². The van der Waals surface area contributed by atoms with Gasteiger partial charge >= 0.3 is 0 Å². The van der Waals surface area contributed by atoms with Gasteiger partial charge in [0.15, 0.2) is 0 Å². The van der Waals surface area contributed by atoms with Crippen molar-refractivity contribution in [2.24, 2.45) is 0 Å². The van der Waals surface area contributed by atoms with E-state index in [1.165, 1.54) is 11.8 Å². The molecule has 0 radical (unpaired) electrons. The highest BCUT2D eigenvalue weighted by atomic mass is 32.2. The second-order valence-corrected chi connectivity index (χ2v) is 4.95. The largest absolute Gasteiger partial charge is 0.508 e. The van der Waals surface area contributed by atoms with Crippen molar-refractivity contribution < 1.29 is 9.90 Å². The second-order valence-electron chi connectivity index (χ2n) is 4.10. The van der Waals surface area contributed by atoms with Gasteiger partial charge in [-0.3, -0.25) is 4.79 Å². The molecule has 0 fully saturated rings. The summed E-state index contributed by atoms with van der Waals surface area (Å²) in [5.41, 5.74) is 1.93. The summed E-state index contributed by atoms with van der Waals surface area (Å²) in [5, 5.41) is 12.5. The molecule has 0 saturated carbocycles.